The van der Waals surface area contributed by atoms with Gasteiger partial charge in [-0.15, -0.1) is 0 Å². The van der Waals surface area contributed by atoms with E-state index in [1.807, 2.05) is 0 Å². The molecule has 1 aromatic rings. The third kappa shape index (κ3) is 3.30. The summed E-state index contributed by atoms with van der Waals surface area (Å²) in [6.45, 7) is 0.583. The average molecular weight is 295 g/mol. The van der Waals surface area contributed by atoms with Gasteiger partial charge in [0.1, 0.15) is 0 Å². The van der Waals surface area contributed by atoms with Gasteiger partial charge < -0.3 is 21.1 Å². The molecular formula is C12H17N5O4. The van der Waals surface area contributed by atoms with Crippen LogP contribution in [0.3, 0.4) is 0 Å². The van der Waals surface area contributed by atoms with Gasteiger partial charge >= 0.3 is 12.0 Å². The smallest absolute Gasteiger partial charge is 0.331 e. The number of carboxylic acids is 1. The fourth-order valence-electron chi connectivity index (χ4n) is 2.27. The number of rotatable bonds is 4. The van der Waals surface area contributed by atoms with Crippen molar-refractivity contribution < 1.29 is 19.5 Å². The number of urea groups is 1. The van der Waals surface area contributed by atoms with Crippen LogP contribution in [0.5, 0.6) is 0 Å². The Morgan fingerprint density at radius 2 is 2.24 bits per heavy atom. The van der Waals surface area contributed by atoms with E-state index in [0.29, 0.717) is 18.5 Å². The molecule has 1 aliphatic rings. The number of carbonyl (C=O) groups excluding carboxylic acids is 2. The van der Waals surface area contributed by atoms with Crippen LogP contribution >= 0.6 is 0 Å². The molecule has 4 N–H and O–H groups in total. The van der Waals surface area contributed by atoms with E-state index in [1.165, 1.54) is 22.0 Å². The van der Waals surface area contributed by atoms with Gasteiger partial charge in [-0.1, -0.05) is 0 Å². The predicted octanol–water partition coefficient (Wildman–Crippen LogP) is -0.937. The van der Waals surface area contributed by atoms with Crippen LogP contribution in [-0.4, -0.2) is 50.8 Å². The Kier molecular flexibility index (Phi) is 4.10. The summed E-state index contributed by atoms with van der Waals surface area (Å²) >= 11 is 0. The zero-order chi connectivity index (χ0) is 15.6. The highest BCUT2D eigenvalue weighted by Crippen LogP contribution is 2.18. The zero-order valence-electron chi connectivity index (χ0n) is 11.5. The van der Waals surface area contributed by atoms with Crippen molar-refractivity contribution in [2.75, 3.05) is 13.1 Å². The number of hydrogen-bond acceptors (Lipinski definition) is 4. The number of hydrogen-bond donors (Lipinski definition) is 3. The second-order valence-electron chi connectivity index (χ2n) is 5.00. The highest BCUT2D eigenvalue weighted by atomic mass is 16.4. The molecule has 0 spiro atoms. The molecular weight excluding hydrogens is 278 g/mol. The third-order valence-corrected chi connectivity index (χ3v) is 3.45. The minimum atomic E-state index is -1.18. The summed E-state index contributed by atoms with van der Waals surface area (Å²) in [5.74, 6) is -2.01. The van der Waals surface area contributed by atoms with Gasteiger partial charge in [-0.25, -0.2) is 9.59 Å². The standard InChI is InChI=1S/C12H17N5O4/c1-16-5-8(4-14-16)9(11(19)20)15-12(21)17-3-2-7(6-17)10(13)18/h4-5,7,9H,2-3,6H2,1H3,(H2,13,18)(H,15,21)(H,19,20). The highest BCUT2D eigenvalue weighted by Gasteiger charge is 2.32. The number of carboxylic acid groups (broad SMARTS) is 1. The molecule has 1 aliphatic heterocycles. The van der Waals surface area contributed by atoms with Gasteiger partial charge in [0, 0.05) is 31.9 Å². The fraction of sp³-hybridized carbons (Fsp3) is 0.500. The van der Waals surface area contributed by atoms with E-state index in [4.69, 9.17) is 5.73 Å². The molecule has 0 bridgehead atoms. The lowest BCUT2D eigenvalue weighted by Gasteiger charge is -2.20. The molecule has 2 unspecified atom stereocenters. The van der Waals surface area contributed by atoms with Crippen LogP contribution in [-0.2, 0) is 16.6 Å². The quantitative estimate of drug-likeness (QED) is 0.660. The molecule has 2 atom stereocenters. The number of aryl methyl sites for hydroxylation is 1. The van der Waals surface area contributed by atoms with Crippen LogP contribution in [0.15, 0.2) is 12.4 Å². The first kappa shape index (κ1) is 14.8. The van der Waals surface area contributed by atoms with E-state index in [9.17, 15) is 19.5 Å². The van der Waals surface area contributed by atoms with Gasteiger partial charge in [0.15, 0.2) is 6.04 Å². The Balaban J connectivity index is 2.03. The maximum Gasteiger partial charge on any atom is 0.331 e. The van der Waals surface area contributed by atoms with E-state index in [0.717, 1.165) is 0 Å². The van der Waals surface area contributed by atoms with Crippen LogP contribution in [0, 0.1) is 5.92 Å². The SMILES string of the molecule is Cn1cc(C(NC(=O)N2CCC(C(N)=O)C2)C(=O)O)cn1. The van der Waals surface area contributed by atoms with Gasteiger partial charge in [-0.3, -0.25) is 9.48 Å². The minimum absolute atomic E-state index is 0.209. The summed E-state index contributed by atoms with van der Waals surface area (Å²) in [4.78, 5) is 35.8. The van der Waals surface area contributed by atoms with Crippen LogP contribution in [0.25, 0.3) is 0 Å². The van der Waals surface area contributed by atoms with Crippen molar-refractivity contribution >= 4 is 17.9 Å². The number of likely N-dealkylation sites (tertiary alicyclic amines) is 1. The normalized spacial score (nSPS) is 19.3. The Morgan fingerprint density at radius 3 is 2.71 bits per heavy atom. The van der Waals surface area contributed by atoms with Crippen LogP contribution in [0.1, 0.15) is 18.0 Å². The van der Waals surface area contributed by atoms with Crippen molar-refractivity contribution in [3.8, 4) is 0 Å². The lowest BCUT2D eigenvalue weighted by Crippen LogP contribution is -2.43. The van der Waals surface area contributed by atoms with E-state index in [1.54, 1.807) is 7.05 Å². The molecule has 2 rings (SSSR count). The molecule has 1 aromatic heterocycles. The second kappa shape index (κ2) is 5.81. The molecule has 0 saturated carbocycles. The first-order valence-electron chi connectivity index (χ1n) is 6.44. The molecule has 21 heavy (non-hydrogen) atoms. The molecule has 1 fully saturated rings. The van der Waals surface area contributed by atoms with Crippen molar-refractivity contribution in [1.82, 2.24) is 20.0 Å². The van der Waals surface area contributed by atoms with E-state index >= 15 is 0 Å². The number of aromatic nitrogens is 2. The summed E-state index contributed by atoms with van der Waals surface area (Å²) in [7, 11) is 1.65. The van der Waals surface area contributed by atoms with Gasteiger partial charge in [-0.05, 0) is 6.42 Å². The Morgan fingerprint density at radius 1 is 1.52 bits per heavy atom. The van der Waals surface area contributed by atoms with Gasteiger partial charge in [0.2, 0.25) is 5.91 Å². The largest absolute Gasteiger partial charge is 0.479 e. The van der Waals surface area contributed by atoms with E-state index in [2.05, 4.69) is 10.4 Å². The molecule has 114 valence electrons. The molecule has 0 aliphatic carbocycles. The first-order valence-corrected chi connectivity index (χ1v) is 6.44. The number of nitrogens with zero attached hydrogens (tertiary/aromatic N) is 3. The lowest BCUT2D eigenvalue weighted by molar-refractivity contribution is -0.139. The van der Waals surface area contributed by atoms with Gasteiger partial charge in [0.05, 0.1) is 12.1 Å². The summed E-state index contributed by atoms with van der Waals surface area (Å²) in [5, 5.41) is 15.5. The van der Waals surface area contributed by atoms with Crippen LogP contribution in [0.4, 0.5) is 4.79 Å². The second-order valence-corrected chi connectivity index (χ2v) is 5.00. The molecule has 9 nitrogen and oxygen atoms in total. The molecule has 3 amide bonds. The first-order chi connectivity index (χ1) is 9.88. The molecule has 0 radical (unpaired) electrons. The number of aliphatic carboxylic acids is 1. The Labute approximate surface area is 120 Å². The monoisotopic (exact) mass is 295 g/mol. The third-order valence-electron chi connectivity index (χ3n) is 3.45. The van der Waals surface area contributed by atoms with Crippen molar-refractivity contribution in [3.05, 3.63) is 18.0 Å². The molecule has 2 heterocycles. The van der Waals surface area contributed by atoms with Crippen LogP contribution in [0.2, 0.25) is 0 Å². The fourth-order valence-corrected chi connectivity index (χ4v) is 2.27. The maximum absolute atomic E-state index is 12.1. The number of carbonyl (C=O) groups is 3. The maximum atomic E-state index is 12.1. The van der Waals surface area contributed by atoms with Crippen LogP contribution < -0.4 is 11.1 Å². The van der Waals surface area contributed by atoms with E-state index in [-0.39, 0.29) is 12.5 Å². The summed E-state index contributed by atoms with van der Waals surface area (Å²) in [5.41, 5.74) is 5.58. The number of amides is 3. The molecule has 1 saturated heterocycles. The molecule has 9 heteroatoms. The summed E-state index contributed by atoms with van der Waals surface area (Å²) in [6, 6.07) is -1.71. The van der Waals surface area contributed by atoms with Crippen molar-refractivity contribution in [2.24, 2.45) is 18.7 Å². The number of nitrogens with one attached hydrogen (secondary N) is 1. The minimum Gasteiger partial charge on any atom is -0.479 e. The summed E-state index contributed by atoms with van der Waals surface area (Å²) < 4.78 is 1.45. The Hall–Kier alpha value is -2.58. The number of nitrogens with two attached hydrogens (primary N) is 1. The summed E-state index contributed by atoms with van der Waals surface area (Å²) in [6.07, 6.45) is 3.40. The van der Waals surface area contributed by atoms with E-state index < -0.39 is 23.9 Å². The lowest BCUT2D eigenvalue weighted by atomic mass is 10.1. The van der Waals surface area contributed by atoms with Crippen molar-refractivity contribution in [3.63, 3.8) is 0 Å². The van der Waals surface area contributed by atoms with Gasteiger partial charge in [0.25, 0.3) is 0 Å². The number of primary amides is 1. The topological polar surface area (TPSA) is 131 Å². The van der Waals surface area contributed by atoms with Crippen molar-refractivity contribution in [1.29, 1.82) is 0 Å². The Bertz CT molecular complexity index is 570. The van der Waals surface area contributed by atoms with Gasteiger partial charge in [-0.2, -0.15) is 5.10 Å². The highest BCUT2D eigenvalue weighted by molar-refractivity contribution is 5.84. The predicted molar refractivity (Wildman–Crippen MR) is 71.0 cm³/mol. The molecule has 0 aromatic carbocycles. The average Bonchev–Trinajstić information content (AvgIpc) is 3.04. The zero-order valence-corrected chi connectivity index (χ0v) is 11.5. The van der Waals surface area contributed by atoms with Crippen molar-refractivity contribution in [2.45, 2.75) is 12.5 Å².